The predicted molar refractivity (Wildman–Crippen MR) is 66.8 cm³/mol. The predicted octanol–water partition coefficient (Wildman–Crippen LogP) is 2.70. The molecule has 0 aromatic carbocycles. The molecule has 0 unspecified atom stereocenters. The molecule has 4 heteroatoms. The van der Waals surface area contributed by atoms with Crippen LogP contribution in [0.4, 0.5) is 5.69 Å². The summed E-state index contributed by atoms with van der Waals surface area (Å²) in [7, 11) is 0. The first-order valence-electron chi connectivity index (χ1n) is 5.31. The number of hydrogen-bond acceptors (Lipinski definition) is 2. The molecule has 0 atom stereocenters. The number of hydrogen-bond donors (Lipinski definition) is 0. The summed E-state index contributed by atoms with van der Waals surface area (Å²) in [4.78, 5) is 17.9. The van der Waals surface area contributed by atoms with Gasteiger partial charge in [0.1, 0.15) is 0 Å². The van der Waals surface area contributed by atoms with E-state index in [0.29, 0.717) is 12.4 Å². The van der Waals surface area contributed by atoms with Gasteiger partial charge in [-0.15, -0.1) is 11.6 Å². The molecule has 0 aliphatic heterocycles. The van der Waals surface area contributed by atoms with Crippen molar-refractivity contribution in [2.75, 3.05) is 17.3 Å². The van der Waals surface area contributed by atoms with Crippen LogP contribution in [0.25, 0.3) is 0 Å². The Kier molecular flexibility index (Phi) is 4.30. The van der Waals surface area contributed by atoms with E-state index in [2.05, 4.69) is 4.98 Å². The maximum absolute atomic E-state index is 12.2. The number of anilines is 1. The van der Waals surface area contributed by atoms with Crippen molar-refractivity contribution in [1.29, 1.82) is 0 Å². The van der Waals surface area contributed by atoms with Gasteiger partial charge >= 0.3 is 0 Å². The highest BCUT2D eigenvalue weighted by Crippen LogP contribution is 2.24. The number of nitrogens with zero attached hydrogens (tertiary/aromatic N) is 2. The van der Waals surface area contributed by atoms with E-state index in [0.717, 1.165) is 5.69 Å². The summed E-state index contributed by atoms with van der Waals surface area (Å²) in [6, 6.07) is 3.65. The lowest BCUT2D eigenvalue weighted by Gasteiger charge is -2.29. The zero-order chi connectivity index (χ0) is 12.2. The lowest BCUT2D eigenvalue weighted by molar-refractivity contribution is -0.125. The highest BCUT2D eigenvalue weighted by molar-refractivity contribution is 6.20. The third-order valence-corrected chi connectivity index (χ3v) is 3.12. The second kappa shape index (κ2) is 5.30. The summed E-state index contributed by atoms with van der Waals surface area (Å²) in [6.45, 7) is 6.28. The summed E-state index contributed by atoms with van der Waals surface area (Å²) in [6.07, 6.45) is 3.36. The van der Waals surface area contributed by atoms with Crippen molar-refractivity contribution in [3.05, 3.63) is 24.5 Å². The van der Waals surface area contributed by atoms with Crippen molar-refractivity contribution in [2.45, 2.75) is 20.8 Å². The van der Waals surface area contributed by atoms with Crippen LogP contribution in [-0.4, -0.2) is 23.3 Å². The molecule has 0 bridgehead atoms. The highest BCUT2D eigenvalue weighted by Gasteiger charge is 2.31. The van der Waals surface area contributed by atoms with E-state index in [9.17, 15) is 4.79 Å². The monoisotopic (exact) mass is 240 g/mol. The standard InChI is InChI=1S/C12H17ClN2O/c1-4-15(10-5-7-14-8-6-10)11(16)12(2,3)9-13/h5-8H,4,9H2,1-3H3. The topological polar surface area (TPSA) is 33.2 Å². The van der Waals surface area contributed by atoms with Gasteiger partial charge in [0.05, 0.1) is 5.41 Å². The van der Waals surface area contributed by atoms with Gasteiger partial charge in [-0.25, -0.2) is 0 Å². The molecule has 0 aliphatic carbocycles. The fraction of sp³-hybridized carbons (Fsp3) is 0.500. The molecule has 0 aliphatic rings. The van der Waals surface area contributed by atoms with Crippen LogP contribution in [0.1, 0.15) is 20.8 Å². The van der Waals surface area contributed by atoms with Crippen molar-refractivity contribution in [3.8, 4) is 0 Å². The third-order valence-electron chi connectivity index (χ3n) is 2.45. The van der Waals surface area contributed by atoms with E-state index in [4.69, 9.17) is 11.6 Å². The molecule has 0 fully saturated rings. The van der Waals surface area contributed by atoms with Gasteiger partial charge in [0.25, 0.3) is 0 Å². The Bertz CT molecular complexity index is 351. The van der Waals surface area contributed by atoms with Crippen LogP contribution in [0.3, 0.4) is 0 Å². The molecule has 0 N–H and O–H groups in total. The maximum atomic E-state index is 12.2. The number of alkyl halides is 1. The molecule has 0 saturated carbocycles. The summed E-state index contributed by atoms with van der Waals surface area (Å²) >= 11 is 5.82. The third kappa shape index (κ3) is 2.73. The molecule has 1 aromatic heterocycles. The normalized spacial score (nSPS) is 11.2. The lowest BCUT2D eigenvalue weighted by Crippen LogP contribution is -2.42. The SMILES string of the molecule is CCN(C(=O)C(C)(C)CCl)c1ccncc1. The average Bonchev–Trinajstić information content (AvgIpc) is 2.31. The number of halogens is 1. The molecule has 0 saturated heterocycles. The van der Waals surface area contributed by atoms with Crippen LogP contribution in [0, 0.1) is 5.41 Å². The minimum absolute atomic E-state index is 0.0381. The van der Waals surface area contributed by atoms with E-state index in [1.54, 1.807) is 17.3 Å². The Labute approximate surface area is 101 Å². The molecular formula is C12H17ClN2O. The molecule has 88 valence electrons. The van der Waals surface area contributed by atoms with E-state index in [1.165, 1.54) is 0 Å². The van der Waals surface area contributed by atoms with Crippen LogP contribution in [-0.2, 0) is 4.79 Å². The Morgan fingerprint density at radius 2 is 2.00 bits per heavy atom. The molecule has 0 spiro atoms. The summed E-state index contributed by atoms with van der Waals surface area (Å²) < 4.78 is 0. The van der Waals surface area contributed by atoms with Crippen LogP contribution >= 0.6 is 11.6 Å². The first-order chi connectivity index (χ1) is 7.53. The number of amides is 1. The van der Waals surface area contributed by atoms with Crippen molar-refractivity contribution >= 4 is 23.2 Å². The Balaban J connectivity index is 2.96. The fourth-order valence-electron chi connectivity index (χ4n) is 1.39. The van der Waals surface area contributed by atoms with Crippen LogP contribution in [0.2, 0.25) is 0 Å². The summed E-state index contributed by atoms with van der Waals surface area (Å²) in [5.74, 6) is 0.351. The van der Waals surface area contributed by atoms with Gasteiger partial charge in [-0.05, 0) is 32.9 Å². The molecule has 1 aromatic rings. The molecule has 1 heterocycles. The first-order valence-corrected chi connectivity index (χ1v) is 5.84. The second-order valence-corrected chi connectivity index (χ2v) is 4.54. The van der Waals surface area contributed by atoms with E-state index < -0.39 is 5.41 Å². The van der Waals surface area contributed by atoms with E-state index in [1.807, 2.05) is 32.9 Å². The minimum atomic E-state index is -0.541. The molecular weight excluding hydrogens is 224 g/mol. The zero-order valence-corrected chi connectivity index (χ0v) is 10.7. The molecule has 3 nitrogen and oxygen atoms in total. The number of pyridine rings is 1. The smallest absolute Gasteiger partial charge is 0.233 e. The maximum Gasteiger partial charge on any atom is 0.233 e. The van der Waals surface area contributed by atoms with Crippen LogP contribution in [0.15, 0.2) is 24.5 Å². The van der Waals surface area contributed by atoms with Crippen molar-refractivity contribution in [1.82, 2.24) is 4.98 Å². The lowest BCUT2D eigenvalue weighted by atomic mass is 9.94. The average molecular weight is 241 g/mol. The van der Waals surface area contributed by atoms with Gasteiger partial charge in [-0.1, -0.05) is 0 Å². The summed E-state index contributed by atoms with van der Waals surface area (Å²) in [5, 5.41) is 0. The molecule has 0 radical (unpaired) electrons. The van der Waals surface area contributed by atoms with Crippen molar-refractivity contribution in [2.24, 2.45) is 5.41 Å². The van der Waals surface area contributed by atoms with Crippen LogP contribution in [0.5, 0.6) is 0 Å². The molecule has 1 rings (SSSR count). The Morgan fingerprint density at radius 3 is 2.44 bits per heavy atom. The van der Waals surface area contributed by atoms with Crippen molar-refractivity contribution in [3.63, 3.8) is 0 Å². The molecule has 1 amide bonds. The van der Waals surface area contributed by atoms with Gasteiger partial charge in [-0.3, -0.25) is 9.78 Å². The quantitative estimate of drug-likeness (QED) is 0.759. The number of aromatic nitrogens is 1. The van der Waals surface area contributed by atoms with Gasteiger partial charge in [0.15, 0.2) is 0 Å². The number of carbonyl (C=O) groups is 1. The Morgan fingerprint density at radius 1 is 1.44 bits per heavy atom. The molecule has 16 heavy (non-hydrogen) atoms. The van der Waals surface area contributed by atoms with E-state index >= 15 is 0 Å². The van der Waals surface area contributed by atoms with E-state index in [-0.39, 0.29) is 5.91 Å². The largest absolute Gasteiger partial charge is 0.312 e. The summed E-state index contributed by atoms with van der Waals surface area (Å²) in [5.41, 5.74) is 0.321. The van der Waals surface area contributed by atoms with Gasteiger partial charge in [0, 0.05) is 30.5 Å². The fourth-order valence-corrected chi connectivity index (χ4v) is 1.50. The number of rotatable bonds is 4. The van der Waals surface area contributed by atoms with Gasteiger partial charge < -0.3 is 4.90 Å². The minimum Gasteiger partial charge on any atom is -0.312 e. The first kappa shape index (κ1) is 13.0. The van der Waals surface area contributed by atoms with Gasteiger partial charge in [-0.2, -0.15) is 0 Å². The Hall–Kier alpha value is -1.09. The van der Waals surface area contributed by atoms with Crippen LogP contribution < -0.4 is 4.90 Å². The van der Waals surface area contributed by atoms with Crippen molar-refractivity contribution < 1.29 is 4.79 Å². The second-order valence-electron chi connectivity index (χ2n) is 4.27. The highest BCUT2D eigenvalue weighted by atomic mass is 35.5. The number of carbonyl (C=O) groups excluding carboxylic acids is 1. The van der Waals surface area contributed by atoms with Gasteiger partial charge in [0.2, 0.25) is 5.91 Å². The zero-order valence-electron chi connectivity index (χ0n) is 9.90.